The Labute approximate surface area is 103 Å². The van der Waals surface area contributed by atoms with Gasteiger partial charge in [0, 0.05) is 24.2 Å². The van der Waals surface area contributed by atoms with E-state index in [2.05, 4.69) is 20.9 Å². The van der Waals surface area contributed by atoms with E-state index in [0.29, 0.717) is 13.0 Å². The average Bonchev–Trinajstić information content (AvgIpc) is 2.70. The quantitative estimate of drug-likeness (QED) is 0.596. The molecule has 15 heavy (non-hydrogen) atoms. The Morgan fingerprint density at radius 3 is 3.00 bits per heavy atom. The second-order valence-electron chi connectivity index (χ2n) is 3.38. The number of nitrogens with zero attached hydrogens (tertiary/aromatic N) is 2. The van der Waals surface area contributed by atoms with E-state index in [0.717, 1.165) is 23.9 Å². The predicted molar refractivity (Wildman–Crippen MR) is 66.2 cm³/mol. The van der Waals surface area contributed by atoms with Gasteiger partial charge < -0.3 is 4.90 Å². The highest BCUT2D eigenvalue weighted by Crippen LogP contribution is 2.07. The van der Waals surface area contributed by atoms with Crippen LogP contribution >= 0.6 is 27.3 Å². The van der Waals surface area contributed by atoms with Gasteiger partial charge in [-0.1, -0.05) is 15.9 Å². The van der Waals surface area contributed by atoms with Crippen LogP contribution in [0.15, 0.2) is 10.9 Å². The molecule has 0 N–H and O–H groups in total. The lowest BCUT2D eigenvalue weighted by molar-refractivity contribution is -0.130. The van der Waals surface area contributed by atoms with Gasteiger partial charge >= 0.3 is 0 Å². The van der Waals surface area contributed by atoms with Gasteiger partial charge in [0.2, 0.25) is 5.91 Å². The van der Waals surface area contributed by atoms with E-state index in [1.54, 1.807) is 21.7 Å². The maximum Gasteiger partial charge on any atom is 0.222 e. The summed E-state index contributed by atoms with van der Waals surface area (Å²) in [4.78, 5) is 17.5. The molecule has 5 heteroatoms. The van der Waals surface area contributed by atoms with Gasteiger partial charge in [0.05, 0.1) is 17.7 Å². The Morgan fingerprint density at radius 1 is 1.60 bits per heavy atom. The van der Waals surface area contributed by atoms with Gasteiger partial charge in [-0.3, -0.25) is 4.79 Å². The topological polar surface area (TPSA) is 33.2 Å². The van der Waals surface area contributed by atoms with E-state index in [1.165, 1.54) is 0 Å². The number of alkyl halides is 1. The van der Waals surface area contributed by atoms with Crippen molar-refractivity contribution in [3.63, 3.8) is 0 Å². The molecule has 3 nitrogen and oxygen atoms in total. The SMILES string of the molecule is CN(Cc1cscn1)C(=O)CCCCBr. The lowest BCUT2D eigenvalue weighted by Gasteiger charge is -2.15. The first-order chi connectivity index (χ1) is 7.24. The molecule has 0 aliphatic heterocycles. The number of carbonyl (C=O) groups excluding carboxylic acids is 1. The molecule has 0 fully saturated rings. The lowest BCUT2D eigenvalue weighted by Crippen LogP contribution is -2.25. The molecule has 0 aliphatic carbocycles. The third-order valence-electron chi connectivity index (χ3n) is 2.08. The average molecular weight is 291 g/mol. The van der Waals surface area contributed by atoms with Gasteiger partial charge in [-0.2, -0.15) is 0 Å². The maximum atomic E-state index is 11.6. The molecule has 84 valence electrons. The van der Waals surface area contributed by atoms with Crippen LogP contribution in [-0.4, -0.2) is 28.2 Å². The number of amides is 1. The maximum absolute atomic E-state index is 11.6. The molecule has 0 radical (unpaired) electrons. The van der Waals surface area contributed by atoms with E-state index in [9.17, 15) is 4.79 Å². The van der Waals surface area contributed by atoms with Crippen LogP contribution in [0.25, 0.3) is 0 Å². The van der Waals surface area contributed by atoms with Gasteiger partial charge in [-0.25, -0.2) is 4.98 Å². The van der Waals surface area contributed by atoms with Crippen molar-refractivity contribution in [3.8, 4) is 0 Å². The molecule has 1 amide bonds. The molecule has 0 spiro atoms. The van der Waals surface area contributed by atoms with Gasteiger partial charge in [0.15, 0.2) is 0 Å². The zero-order valence-corrected chi connectivity index (χ0v) is 11.2. The molecule has 1 aromatic rings. The Balaban J connectivity index is 2.27. The molecule has 0 saturated carbocycles. The highest BCUT2D eigenvalue weighted by atomic mass is 79.9. The fourth-order valence-corrected chi connectivity index (χ4v) is 2.15. The number of hydrogen-bond acceptors (Lipinski definition) is 3. The van der Waals surface area contributed by atoms with Crippen LogP contribution in [0.4, 0.5) is 0 Å². The van der Waals surface area contributed by atoms with Crippen molar-refractivity contribution in [2.45, 2.75) is 25.8 Å². The molecule has 1 heterocycles. The first-order valence-electron chi connectivity index (χ1n) is 4.91. The molecule has 0 atom stereocenters. The predicted octanol–water partition coefficient (Wildman–Crippen LogP) is 2.67. The summed E-state index contributed by atoms with van der Waals surface area (Å²) in [5.41, 5.74) is 2.76. The number of halogens is 1. The molecule has 0 aromatic carbocycles. The third-order valence-corrected chi connectivity index (χ3v) is 3.28. The zero-order chi connectivity index (χ0) is 11.1. The standard InChI is InChI=1S/C10H15BrN2OS/c1-13(6-9-7-15-8-12-9)10(14)4-2-3-5-11/h7-8H,2-6H2,1H3. The Kier molecular flexibility index (Phi) is 5.86. The summed E-state index contributed by atoms with van der Waals surface area (Å²) >= 11 is 4.91. The van der Waals surface area contributed by atoms with Gasteiger partial charge in [0.1, 0.15) is 0 Å². The van der Waals surface area contributed by atoms with E-state index in [-0.39, 0.29) is 5.91 Å². The first kappa shape index (κ1) is 12.6. The van der Waals surface area contributed by atoms with Gasteiger partial charge in [0.25, 0.3) is 0 Å². The minimum absolute atomic E-state index is 0.198. The number of rotatable bonds is 6. The van der Waals surface area contributed by atoms with Crippen molar-refractivity contribution in [3.05, 3.63) is 16.6 Å². The van der Waals surface area contributed by atoms with Crippen LogP contribution in [0.2, 0.25) is 0 Å². The molecule has 0 bridgehead atoms. The summed E-state index contributed by atoms with van der Waals surface area (Å²) in [5, 5.41) is 2.94. The Bertz CT molecular complexity index is 290. The number of thiazole rings is 1. The largest absolute Gasteiger partial charge is 0.340 e. The highest BCUT2D eigenvalue weighted by molar-refractivity contribution is 9.09. The Hall–Kier alpha value is -0.420. The van der Waals surface area contributed by atoms with Crippen LogP contribution < -0.4 is 0 Å². The smallest absolute Gasteiger partial charge is 0.222 e. The summed E-state index contributed by atoms with van der Waals surface area (Å²) in [6.07, 6.45) is 2.63. The van der Waals surface area contributed by atoms with E-state index >= 15 is 0 Å². The molecule has 1 aromatic heterocycles. The molecular weight excluding hydrogens is 276 g/mol. The molecule has 0 aliphatic rings. The number of carbonyl (C=O) groups is 1. The van der Waals surface area contributed by atoms with Gasteiger partial charge in [-0.05, 0) is 12.8 Å². The van der Waals surface area contributed by atoms with Crippen molar-refractivity contribution in [2.75, 3.05) is 12.4 Å². The monoisotopic (exact) mass is 290 g/mol. The normalized spacial score (nSPS) is 10.3. The van der Waals surface area contributed by atoms with Crippen molar-refractivity contribution in [1.82, 2.24) is 9.88 Å². The fourth-order valence-electron chi connectivity index (χ4n) is 1.21. The molecular formula is C10H15BrN2OS. The Morgan fingerprint density at radius 2 is 2.40 bits per heavy atom. The van der Waals surface area contributed by atoms with E-state index < -0.39 is 0 Å². The minimum Gasteiger partial charge on any atom is -0.340 e. The van der Waals surface area contributed by atoms with E-state index in [1.807, 2.05) is 12.4 Å². The summed E-state index contributed by atoms with van der Waals surface area (Å²) in [6.45, 7) is 0.622. The first-order valence-corrected chi connectivity index (χ1v) is 6.97. The van der Waals surface area contributed by atoms with Crippen molar-refractivity contribution in [2.24, 2.45) is 0 Å². The fraction of sp³-hybridized carbons (Fsp3) is 0.600. The van der Waals surface area contributed by atoms with Gasteiger partial charge in [-0.15, -0.1) is 11.3 Å². The summed E-state index contributed by atoms with van der Waals surface area (Å²) < 4.78 is 0. The van der Waals surface area contributed by atoms with Crippen LogP contribution in [0.3, 0.4) is 0 Å². The van der Waals surface area contributed by atoms with E-state index in [4.69, 9.17) is 0 Å². The molecule has 0 unspecified atom stereocenters. The second kappa shape index (κ2) is 6.95. The second-order valence-corrected chi connectivity index (χ2v) is 4.89. The zero-order valence-electron chi connectivity index (χ0n) is 8.78. The minimum atomic E-state index is 0.198. The summed E-state index contributed by atoms with van der Waals surface area (Å²) in [7, 11) is 1.83. The molecule has 0 saturated heterocycles. The number of unbranched alkanes of at least 4 members (excludes halogenated alkanes) is 1. The summed E-state index contributed by atoms with van der Waals surface area (Å²) in [5.74, 6) is 0.198. The van der Waals surface area contributed by atoms with Crippen LogP contribution in [0.1, 0.15) is 25.0 Å². The van der Waals surface area contributed by atoms with Crippen LogP contribution in [0.5, 0.6) is 0 Å². The third kappa shape index (κ3) is 4.75. The van der Waals surface area contributed by atoms with Crippen LogP contribution in [0, 0.1) is 0 Å². The molecule has 1 rings (SSSR count). The van der Waals surface area contributed by atoms with Crippen molar-refractivity contribution in [1.29, 1.82) is 0 Å². The number of aromatic nitrogens is 1. The number of hydrogen-bond donors (Lipinski definition) is 0. The van der Waals surface area contributed by atoms with Crippen LogP contribution in [-0.2, 0) is 11.3 Å². The van der Waals surface area contributed by atoms with Crippen molar-refractivity contribution < 1.29 is 4.79 Å². The highest BCUT2D eigenvalue weighted by Gasteiger charge is 2.09. The summed E-state index contributed by atoms with van der Waals surface area (Å²) in [6, 6.07) is 0. The van der Waals surface area contributed by atoms with Crippen molar-refractivity contribution >= 4 is 33.2 Å². The lowest BCUT2D eigenvalue weighted by atomic mass is 10.2.